The summed E-state index contributed by atoms with van der Waals surface area (Å²) < 4.78 is 0. The van der Waals surface area contributed by atoms with Crippen LogP contribution < -0.4 is 5.32 Å². The summed E-state index contributed by atoms with van der Waals surface area (Å²) in [5.41, 5.74) is 0.259. The van der Waals surface area contributed by atoms with E-state index < -0.39 is 0 Å². The average Bonchev–Trinajstić information content (AvgIpc) is 2.36. The second-order valence-corrected chi connectivity index (χ2v) is 7.60. The normalized spacial score (nSPS) is 48.9. The molecule has 0 aromatic heterocycles. The fraction of sp³-hybridized carbons (Fsp3) is 0.938. The highest BCUT2D eigenvalue weighted by Crippen LogP contribution is 2.58. The highest BCUT2D eigenvalue weighted by Gasteiger charge is 2.56. The number of nitrogens with one attached hydrogen (secondary N) is 1. The molecule has 4 aliphatic carbocycles. The zero-order valence-corrected chi connectivity index (χ0v) is 12.0. The number of rotatable bonds is 2. The first-order chi connectivity index (χ1) is 9.20. The first kappa shape index (κ1) is 12.2. The van der Waals surface area contributed by atoms with Crippen molar-refractivity contribution in [1.29, 1.82) is 0 Å². The minimum absolute atomic E-state index is 0.259. The van der Waals surface area contributed by atoms with Crippen molar-refractivity contribution >= 4 is 5.91 Å². The average molecular weight is 262 g/mol. The molecule has 0 spiro atoms. The number of piperazine rings is 1. The quantitative estimate of drug-likeness (QED) is 0.827. The molecular weight excluding hydrogens is 236 g/mol. The van der Waals surface area contributed by atoms with E-state index >= 15 is 0 Å². The Hall–Kier alpha value is -0.570. The molecule has 19 heavy (non-hydrogen) atoms. The predicted molar refractivity (Wildman–Crippen MR) is 74.7 cm³/mol. The van der Waals surface area contributed by atoms with Gasteiger partial charge in [0, 0.05) is 18.1 Å². The number of carbonyl (C=O) groups excluding carboxylic acids is 1. The van der Waals surface area contributed by atoms with Crippen LogP contribution in [-0.2, 0) is 4.79 Å². The van der Waals surface area contributed by atoms with Crippen molar-refractivity contribution in [2.75, 3.05) is 13.1 Å². The standard InChI is InChI=1S/C16H26N2O/c1-2-14-9-17-10-15(19)18(14)16-6-11-3-12(7-16)5-13(4-11)8-16/h11-14,17H,2-10H2,1H3. The van der Waals surface area contributed by atoms with Crippen LogP contribution in [0.1, 0.15) is 51.9 Å². The van der Waals surface area contributed by atoms with Gasteiger partial charge >= 0.3 is 0 Å². The second kappa shape index (κ2) is 4.21. The zero-order chi connectivity index (χ0) is 13.0. The molecule has 1 heterocycles. The molecule has 0 aromatic rings. The van der Waals surface area contributed by atoms with Gasteiger partial charge in [-0.1, -0.05) is 6.92 Å². The van der Waals surface area contributed by atoms with Crippen LogP contribution in [0.15, 0.2) is 0 Å². The van der Waals surface area contributed by atoms with Crippen molar-refractivity contribution in [2.24, 2.45) is 17.8 Å². The lowest BCUT2D eigenvalue weighted by Crippen LogP contribution is -2.68. The number of hydrogen-bond acceptors (Lipinski definition) is 2. The third kappa shape index (κ3) is 1.77. The molecule has 3 heteroatoms. The van der Waals surface area contributed by atoms with Gasteiger partial charge in [-0.25, -0.2) is 0 Å². The molecule has 4 saturated carbocycles. The van der Waals surface area contributed by atoms with Crippen LogP contribution in [0.3, 0.4) is 0 Å². The summed E-state index contributed by atoms with van der Waals surface area (Å²) >= 11 is 0. The summed E-state index contributed by atoms with van der Waals surface area (Å²) in [7, 11) is 0. The van der Waals surface area contributed by atoms with E-state index in [2.05, 4.69) is 17.1 Å². The molecule has 0 aromatic carbocycles. The van der Waals surface area contributed by atoms with Crippen molar-refractivity contribution in [3.05, 3.63) is 0 Å². The predicted octanol–water partition coefficient (Wildman–Crippen LogP) is 2.17. The van der Waals surface area contributed by atoms with Gasteiger partial charge in [0.25, 0.3) is 0 Å². The van der Waals surface area contributed by atoms with Crippen LogP contribution in [0, 0.1) is 17.8 Å². The Kier molecular flexibility index (Phi) is 2.70. The summed E-state index contributed by atoms with van der Waals surface area (Å²) in [6.45, 7) is 3.81. The molecule has 4 bridgehead atoms. The molecule has 1 unspecified atom stereocenters. The first-order valence-corrected chi connectivity index (χ1v) is 8.23. The van der Waals surface area contributed by atoms with E-state index in [-0.39, 0.29) is 5.54 Å². The third-order valence-corrected chi connectivity index (χ3v) is 6.28. The van der Waals surface area contributed by atoms with Gasteiger partial charge in [0.2, 0.25) is 5.91 Å². The van der Waals surface area contributed by atoms with Crippen LogP contribution in [0.4, 0.5) is 0 Å². The molecule has 1 N–H and O–H groups in total. The largest absolute Gasteiger partial charge is 0.332 e. The number of carbonyl (C=O) groups is 1. The van der Waals surface area contributed by atoms with Gasteiger partial charge in [-0.15, -0.1) is 0 Å². The Morgan fingerprint density at radius 1 is 1.16 bits per heavy atom. The van der Waals surface area contributed by atoms with Gasteiger partial charge in [-0.2, -0.15) is 0 Å². The summed E-state index contributed by atoms with van der Waals surface area (Å²) in [4.78, 5) is 14.9. The Bertz CT molecular complexity index is 357. The van der Waals surface area contributed by atoms with Crippen molar-refractivity contribution in [2.45, 2.75) is 63.5 Å². The molecular formula is C16H26N2O. The van der Waals surface area contributed by atoms with E-state index in [9.17, 15) is 4.79 Å². The third-order valence-electron chi connectivity index (χ3n) is 6.28. The summed E-state index contributed by atoms with van der Waals surface area (Å²) in [5.74, 6) is 3.14. The lowest BCUT2D eigenvalue weighted by molar-refractivity contribution is -0.159. The van der Waals surface area contributed by atoms with Crippen LogP contribution in [0.25, 0.3) is 0 Å². The van der Waals surface area contributed by atoms with E-state index in [1.165, 1.54) is 38.5 Å². The number of nitrogens with zero attached hydrogens (tertiary/aromatic N) is 1. The molecule has 0 radical (unpaired) electrons. The fourth-order valence-electron chi connectivity index (χ4n) is 6.06. The van der Waals surface area contributed by atoms with Gasteiger partial charge in [0.05, 0.1) is 6.54 Å². The molecule has 1 atom stereocenters. The van der Waals surface area contributed by atoms with Crippen LogP contribution in [0.5, 0.6) is 0 Å². The van der Waals surface area contributed by atoms with Gasteiger partial charge in [0.15, 0.2) is 0 Å². The topological polar surface area (TPSA) is 32.3 Å². The van der Waals surface area contributed by atoms with E-state index in [0.29, 0.717) is 18.5 Å². The SMILES string of the molecule is CCC1CNCC(=O)N1C12CC3CC(CC(C3)C1)C2. The maximum Gasteiger partial charge on any atom is 0.237 e. The van der Waals surface area contributed by atoms with Gasteiger partial charge in [-0.3, -0.25) is 4.79 Å². The smallest absolute Gasteiger partial charge is 0.237 e. The summed E-state index contributed by atoms with van der Waals surface area (Å²) in [6, 6.07) is 0.442. The fourth-order valence-corrected chi connectivity index (χ4v) is 6.06. The zero-order valence-electron chi connectivity index (χ0n) is 12.0. The van der Waals surface area contributed by atoms with Crippen molar-refractivity contribution < 1.29 is 4.79 Å². The highest BCUT2D eigenvalue weighted by atomic mass is 16.2. The maximum absolute atomic E-state index is 12.5. The van der Waals surface area contributed by atoms with E-state index in [4.69, 9.17) is 0 Å². The van der Waals surface area contributed by atoms with E-state index in [1.54, 1.807) is 0 Å². The monoisotopic (exact) mass is 262 g/mol. The van der Waals surface area contributed by atoms with Crippen molar-refractivity contribution in [3.63, 3.8) is 0 Å². The molecule has 5 aliphatic rings. The molecule has 3 nitrogen and oxygen atoms in total. The number of hydrogen-bond donors (Lipinski definition) is 1. The van der Waals surface area contributed by atoms with E-state index in [0.717, 1.165) is 30.7 Å². The van der Waals surface area contributed by atoms with Crippen LogP contribution in [0.2, 0.25) is 0 Å². The first-order valence-electron chi connectivity index (χ1n) is 8.23. The summed E-state index contributed by atoms with van der Waals surface area (Å²) in [6.07, 6.45) is 9.38. The molecule has 5 fully saturated rings. The van der Waals surface area contributed by atoms with E-state index in [1.807, 2.05) is 0 Å². The van der Waals surface area contributed by atoms with Crippen molar-refractivity contribution in [3.8, 4) is 0 Å². The minimum atomic E-state index is 0.259. The molecule has 1 aliphatic heterocycles. The second-order valence-electron chi connectivity index (χ2n) is 7.60. The Labute approximate surface area is 116 Å². The van der Waals surface area contributed by atoms with Gasteiger partial charge in [-0.05, 0) is 62.7 Å². The van der Waals surface area contributed by atoms with Crippen LogP contribution >= 0.6 is 0 Å². The van der Waals surface area contributed by atoms with Crippen molar-refractivity contribution in [1.82, 2.24) is 10.2 Å². The Morgan fingerprint density at radius 2 is 1.74 bits per heavy atom. The lowest BCUT2D eigenvalue weighted by Gasteiger charge is -2.62. The van der Waals surface area contributed by atoms with Gasteiger partial charge in [0.1, 0.15) is 0 Å². The van der Waals surface area contributed by atoms with Crippen LogP contribution in [-0.4, -0.2) is 35.5 Å². The molecule has 5 rings (SSSR count). The molecule has 1 amide bonds. The Morgan fingerprint density at radius 3 is 2.26 bits per heavy atom. The molecule has 1 saturated heterocycles. The molecule has 106 valence electrons. The number of amides is 1. The summed E-state index contributed by atoms with van der Waals surface area (Å²) in [5, 5.41) is 3.31. The maximum atomic E-state index is 12.5. The lowest BCUT2D eigenvalue weighted by atomic mass is 9.52. The minimum Gasteiger partial charge on any atom is -0.332 e. The van der Waals surface area contributed by atoms with Gasteiger partial charge < -0.3 is 10.2 Å². The highest BCUT2D eigenvalue weighted by molar-refractivity contribution is 5.80. The Balaban J connectivity index is 1.67.